The van der Waals surface area contributed by atoms with Crippen LogP contribution in [0.3, 0.4) is 0 Å². The molecule has 0 aliphatic heterocycles. The molecule has 0 radical (unpaired) electrons. The molecule has 3 rings (SSSR count). The molecule has 1 atom stereocenters. The van der Waals surface area contributed by atoms with Crippen molar-refractivity contribution >= 4 is 44.5 Å². The number of thiophene rings is 1. The van der Waals surface area contributed by atoms with Crippen LogP contribution in [0.1, 0.15) is 17.4 Å². The Labute approximate surface area is 156 Å². The number of aliphatic hydroxyl groups is 1. The quantitative estimate of drug-likeness (QED) is 0.630. The van der Waals surface area contributed by atoms with Gasteiger partial charge in [0.05, 0.1) is 23.1 Å². The summed E-state index contributed by atoms with van der Waals surface area (Å²) in [6.07, 6.45) is -0.491. The predicted molar refractivity (Wildman–Crippen MR) is 101 cm³/mol. The van der Waals surface area contributed by atoms with Gasteiger partial charge in [-0.15, -0.1) is 22.7 Å². The highest BCUT2D eigenvalue weighted by Gasteiger charge is 2.12. The lowest BCUT2D eigenvalue weighted by atomic mass is 10.1. The first-order chi connectivity index (χ1) is 11.6. The van der Waals surface area contributed by atoms with Crippen LogP contribution in [-0.2, 0) is 11.2 Å². The number of aromatic nitrogens is 1. The molecule has 0 bridgehead atoms. The summed E-state index contributed by atoms with van der Waals surface area (Å²) >= 11 is 6.57. The number of hydrogen-bond donors (Lipinski definition) is 2. The summed E-state index contributed by atoms with van der Waals surface area (Å²) in [5.41, 5.74) is 1.53. The van der Waals surface area contributed by atoms with Crippen LogP contribution in [0.2, 0.25) is 0 Å². The van der Waals surface area contributed by atoms with E-state index >= 15 is 0 Å². The van der Waals surface area contributed by atoms with E-state index in [0.29, 0.717) is 0 Å². The molecule has 1 aromatic carbocycles. The fourth-order valence-electron chi connectivity index (χ4n) is 2.16. The van der Waals surface area contributed by atoms with Gasteiger partial charge in [0.15, 0.2) is 0 Å². The SMILES string of the molecule is O=C(Cc1csc(-c2cc(Br)cs2)n1)NCC(O)c1ccccc1. The molecule has 2 heterocycles. The zero-order valence-electron chi connectivity index (χ0n) is 12.6. The topological polar surface area (TPSA) is 62.2 Å². The van der Waals surface area contributed by atoms with Gasteiger partial charge in [-0.05, 0) is 27.6 Å². The van der Waals surface area contributed by atoms with Crippen LogP contribution in [-0.4, -0.2) is 22.5 Å². The van der Waals surface area contributed by atoms with Crippen molar-refractivity contribution in [3.63, 3.8) is 0 Å². The summed E-state index contributed by atoms with van der Waals surface area (Å²) in [5, 5.41) is 17.6. The number of nitrogens with one attached hydrogen (secondary N) is 1. The molecule has 7 heteroatoms. The van der Waals surface area contributed by atoms with Gasteiger partial charge in [0.2, 0.25) is 5.91 Å². The molecular formula is C17H15BrN2O2S2. The Morgan fingerprint density at radius 3 is 2.75 bits per heavy atom. The Morgan fingerprint density at radius 1 is 1.25 bits per heavy atom. The van der Waals surface area contributed by atoms with E-state index in [-0.39, 0.29) is 18.9 Å². The van der Waals surface area contributed by atoms with E-state index in [4.69, 9.17) is 0 Å². The number of carbonyl (C=O) groups is 1. The fraction of sp³-hybridized carbons (Fsp3) is 0.176. The second-order valence-corrected chi connectivity index (χ2v) is 7.87. The molecule has 1 unspecified atom stereocenters. The molecular weight excluding hydrogens is 408 g/mol. The molecule has 4 nitrogen and oxygen atoms in total. The van der Waals surface area contributed by atoms with E-state index in [0.717, 1.165) is 25.6 Å². The molecule has 0 fully saturated rings. The van der Waals surface area contributed by atoms with E-state index in [1.807, 2.05) is 47.2 Å². The van der Waals surface area contributed by atoms with Crippen LogP contribution in [0.15, 0.2) is 51.6 Å². The van der Waals surface area contributed by atoms with Gasteiger partial charge in [-0.3, -0.25) is 4.79 Å². The molecule has 0 saturated heterocycles. The number of nitrogens with zero attached hydrogens (tertiary/aromatic N) is 1. The van der Waals surface area contributed by atoms with Crippen molar-refractivity contribution in [2.24, 2.45) is 0 Å². The minimum atomic E-state index is -0.704. The predicted octanol–water partition coefficient (Wildman–Crippen LogP) is 4.03. The summed E-state index contributed by atoms with van der Waals surface area (Å²) < 4.78 is 1.03. The van der Waals surface area contributed by atoms with Crippen LogP contribution < -0.4 is 5.32 Å². The van der Waals surface area contributed by atoms with Gasteiger partial charge in [0.25, 0.3) is 0 Å². The van der Waals surface area contributed by atoms with Crippen LogP contribution in [0.4, 0.5) is 0 Å². The first-order valence-electron chi connectivity index (χ1n) is 7.30. The highest BCUT2D eigenvalue weighted by Crippen LogP contribution is 2.32. The van der Waals surface area contributed by atoms with Crippen LogP contribution in [0, 0.1) is 0 Å². The zero-order chi connectivity index (χ0) is 16.9. The lowest BCUT2D eigenvalue weighted by Crippen LogP contribution is -2.29. The second kappa shape index (κ2) is 8.02. The molecule has 1 amide bonds. The number of rotatable bonds is 6. The summed E-state index contributed by atoms with van der Waals surface area (Å²) in [6.45, 7) is 0.192. The Hall–Kier alpha value is -1.54. The smallest absolute Gasteiger partial charge is 0.226 e. The molecule has 0 saturated carbocycles. The van der Waals surface area contributed by atoms with E-state index in [9.17, 15) is 9.90 Å². The van der Waals surface area contributed by atoms with E-state index in [2.05, 4.69) is 26.2 Å². The maximum absolute atomic E-state index is 12.0. The van der Waals surface area contributed by atoms with Crippen molar-refractivity contribution in [1.82, 2.24) is 10.3 Å². The first kappa shape index (κ1) is 17.3. The third-order valence-corrected chi connectivity index (χ3v) is 6.10. The van der Waals surface area contributed by atoms with Gasteiger partial charge in [0, 0.05) is 21.8 Å². The molecule has 0 spiro atoms. The largest absolute Gasteiger partial charge is 0.387 e. The number of carbonyl (C=O) groups excluding carboxylic acids is 1. The molecule has 124 valence electrons. The summed E-state index contributed by atoms with van der Waals surface area (Å²) in [4.78, 5) is 17.6. The lowest BCUT2D eigenvalue weighted by molar-refractivity contribution is -0.120. The van der Waals surface area contributed by atoms with E-state index < -0.39 is 6.10 Å². The summed E-state index contributed by atoms with van der Waals surface area (Å²) in [5.74, 6) is -0.144. The minimum Gasteiger partial charge on any atom is -0.387 e. The average Bonchev–Trinajstić information content (AvgIpc) is 3.22. The maximum atomic E-state index is 12.0. The van der Waals surface area contributed by atoms with Gasteiger partial charge in [-0.25, -0.2) is 4.98 Å². The summed E-state index contributed by atoms with van der Waals surface area (Å²) in [7, 11) is 0. The third-order valence-electron chi connectivity index (χ3n) is 3.35. The standard InChI is InChI=1S/C17H15BrN2O2S2/c18-12-6-15(23-9-12)17-20-13(10-24-17)7-16(22)19-8-14(21)11-4-2-1-3-5-11/h1-6,9-10,14,21H,7-8H2,(H,19,22). The van der Waals surface area contributed by atoms with Crippen LogP contribution in [0.25, 0.3) is 9.88 Å². The number of thiazole rings is 1. The van der Waals surface area contributed by atoms with Gasteiger partial charge in [-0.1, -0.05) is 30.3 Å². The van der Waals surface area contributed by atoms with Crippen molar-refractivity contribution in [3.8, 4) is 9.88 Å². The lowest BCUT2D eigenvalue weighted by Gasteiger charge is -2.11. The number of amides is 1. The molecule has 3 aromatic rings. The van der Waals surface area contributed by atoms with Gasteiger partial charge in [0.1, 0.15) is 5.01 Å². The Kier molecular flexibility index (Phi) is 5.78. The van der Waals surface area contributed by atoms with Gasteiger partial charge >= 0.3 is 0 Å². The minimum absolute atomic E-state index is 0.144. The summed E-state index contributed by atoms with van der Waals surface area (Å²) in [6, 6.07) is 11.3. The third kappa shape index (κ3) is 4.51. The van der Waals surface area contributed by atoms with Crippen molar-refractivity contribution in [2.75, 3.05) is 6.54 Å². The normalized spacial score (nSPS) is 12.1. The molecule has 0 aliphatic carbocycles. The molecule has 0 aliphatic rings. The molecule has 24 heavy (non-hydrogen) atoms. The van der Waals surface area contributed by atoms with Crippen molar-refractivity contribution < 1.29 is 9.90 Å². The van der Waals surface area contributed by atoms with E-state index in [1.165, 1.54) is 11.3 Å². The Bertz CT molecular complexity index is 817. The maximum Gasteiger partial charge on any atom is 0.226 e. The Morgan fingerprint density at radius 2 is 2.04 bits per heavy atom. The second-order valence-electron chi connectivity index (χ2n) is 5.18. The fourth-order valence-corrected chi connectivity index (χ4v) is 4.48. The van der Waals surface area contributed by atoms with Crippen molar-refractivity contribution in [2.45, 2.75) is 12.5 Å². The highest BCUT2D eigenvalue weighted by molar-refractivity contribution is 9.10. The van der Waals surface area contributed by atoms with Gasteiger partial charge in [-0.2, -0.15) is 0 Å². The van der Waals surface area contributed by atoms with Crippen molar-refractivity contribution in [3.05, 3.63) is 62.9 Å². The number of benzene rings is 1. The molecule has 2 aromatic heterocycles. The number of halogens is 1. The van der Waals surface area contributed by atoms with Gasteiger partial charge < -0.3 is 10.4 Å². The van der Waals surface area contributed by atoms with Crippen LogP contribution in [0.5, 0.6) is 0 Å². The first-order valence-corrected chi connectivity index (χ1v) is 9.85. The number of aliphatic hydroxyl groups excluding tert-OH is 1. The van der Waals surface area contributed by atoms with Crippen LogP contribution >= 0.6 is 38.6 Å². The Balaban J connectivity index is 1.53. The zero-order valence-corrected chi connectivity index (χ0v) is 15.8. The molecule has 2 N–H and O–H groups in total. The average molecular weight is 423 g/mol. The number of hydrogen-bond acceptors (Lipinski definition) is 5. The van der Waals surface area contributed by atoms with E-state index in [1.54, 1.807) is 11.3 Å². The van der Waals surface area contributed by atoms with Crippen molar-refractivity contribution in [1.29, 1.82) is 0 Å². The highest BCUT2D eigenvalue weighted by atomic mass is 79.9. The monoisotopic (exact) mass is 422 g/mol.